The third kappa shape index (κ3) is 6.62. The lowest BCUT2D eigenvalue weighted by Gasteiger charge is -2.28. The predicted molar refractivity (Wildman–Crippen MR) is 91.9 cm³/mol. The van der Waals surface area contributed by atoms with E-state index in [0.717, 1.165) is 38.8 Å². The monoisotopic (exact) mass is 291 g/mol. The number of hydrogen-bond acceptors (Lipinski definition) is 2. The fourth-order valence-electron chi connectivity index (χ4n) is 2.73. The van der Waals surface area contributed by atoms with Crippen LogP contribution in [0.3, 0.4) is 0 Å². The molecule has 0 aromatic heterocycles. The zero-order valence-corrected chi connectivity index (χ0v) is 14.3. The topological polar surface area (TPSA) is 21.3 Å². The molecule has 0 aliphatic rings. The highest BCUT2D eigenvalue weighted by Crippen LogP contribution is 2.14. The zero-order valence-electron chi connectivity index (χ0n) is 14.3. The van der Waals surface area contributed by atoms with Crippen LogP contribution < -0.4 is 5.32 Å². The van der Waals surface area contributed by atoms with Crippen molar-refractivity contribution in [3.8, 4) is 0 Å². The van der Waals surface area contributed by atoms with E-state index < -0.39 is 0 Å². The second kappa shape index (κ2) is 10.8. The first-order chi connectivity index (χ1) is 10.2. The molecule has 0 amide bonds. The molecule has 0 aliphatic carbocycles. The first-order valence-electron chi connectivity index (χ1n) is 8.67. The van der Waals surface area contributed by atoms with Crippen LogP contribution in [0.25, 0.3) is 0 Å². The Hall–Kier alpha value is -0.860. The van der Waals surface area contributed by atoms with Crippen molar-refractivity contribution in [2.24, 2.45) is 0 Å². The summed E-state index contributed by atoms with van der Waals surface area (Å²) >= 11 is 0. The van der Waals surface area contributed by atoms with Gasteiger partial charge in [-0.1, -0.05) is 51.5 Å². The molecule has 120 valence electrons. The van der Waals surface area contributed by atoms with Crippen LogP contribution in [-0.4, -0.2) is 25.3 Å². The summed E-state index contributed by atoms with van der Waals surface area (Å²) in [4.78, 5) is 0. The molecule has 0 heterocycles. The fourth-order valence-corrected chi connectivity index (χ4v) is 2.73. The molecule has 2 atom stereocenters. The number of nitrogens with one attached hydrogen (secondary N) is 1. The van der Waals surface area contributed by atoms with E-state index in [1.807, 2.05) is 0 Å². The Morgan fingerprint density at radius 1 is 0.952 bits per heavy atom. The molecule has 0 spiro atoms. The standard InChI is InChI=1S/C19H33NO/c1-5-9-19(21-8-4)18(20-14-6-2)15-17-12-10-16(7-3)11-13-17/h10-13,18-20H,5-9,14-15H2,1-4H3. The smallest absolute Gasteiger partial charge is 0.0731 e. The molecule has 2 nitrogen and oxygen atoms in total. The lowest BCUT2D eigenvalue weighted by atomic mass is 9.97. The first kappa shape index (κ1) is 18.2. The Labute approximate surface area is 131 Å². The number of rotatable bonds is 11. The van der Waals surface area contributed by atoms with E-state index in [1.165, 1.54) is 17.5 Å². The highest BCUT2D eigenvalue weighted by atomic mass is 16.5. The SMILES string of the molecule is CCCNC(Cc1ccc(CC)cc1)C(CCC)OCC. The molecule has 1 N–H and O–H groups in total. The van der Waals surface area contributed by atoms with Crippen LogP contribution in [0.2, 0.25) is 0 Å². The van der Waals surface area contributed by atoms with Gasteiger partial charge in [0.15, 0.2) is 0 Å². The van der Waals surface area contributed by atoms with Crippen molar-refractivity contribution in [2.75, 3.05) is 13.2 Å². The van der Waals surface area contributed by atoms with Crippen LogP contribution >= 0.6 is 0 Å². The van der Waals surface area contributed by atoms with Crippen molar-refractivity contribution < 1.29 is 4.74 Å². The molecule has 1 rings (SSSR count). The van der Waals surface area contributed by atoms with Crippen molar-refractivity contribution in [2.45, 2.75) is 71.9 Å². The van der Waals surface area contributed by atoms with E-state index in [1.54, 1.807) is 0 Å². The number of hydrogen-bond donors (Lipinski definition) is 1. The Balaban J connectivity index is 2.73. The van der Waals surface area contributed by atoms with E-state index >= 15 is 0 Å². The van der Waals surface area contributed by atoms with Crippen LogP contribution in [0.15, 0.2) is 24.3 Å². The average molecular weight is 291 g/mol. The fraction of sp³-hybridized carbons (Fsp3) is 0.684. The molecular weight excluding hydrogens is 258 g/mol. The Morgan fingerprint density at radius 2 is 1.62 bits per heavy atom. The van der Waals surface area contributed by atoms with Crippen molar-refractivity contribution in [1.82, 2.24) is 5.32 Å². The van der Waals surface area contributed by atoms with Gasteiger partial charge in [0.25, 0.3) is 0 Å². The summed E-state index contributed by atoms with van der Waals surface area (Å²) in [6, 6.07) is 9.46. The summed E-state index contributed by atoms with van der Waals surface area (Å²) in [5, 5.41) is 3.69. The Bertz CT molecular complexity index is 354. The van der Waals surface area contributed by atoms with Crippen molar-refractivity contribution >= 4 is 0 Å². The van der Waals surface area contributed by atoms with Gasteiger partial charge in [0.1, 0.15) is 0 Å². The summed E-state index contributed by atoms with van der Waals surface area (Å²) < 4.78 is 6.00. The number of ether oxygens (including phenoxy) is 1. The molecular formula is C19H33NO. The van der Waals surface area contributed by atoms with Gasteiger partial charge in [0, 0.05) is 12.6 Å². The van der Waals surface area contributed by atoms with Gasteiger partial charge in [-0.05, 0) is 50.3 Å². The Kier molecular flexibility index (Phi) is 9.36. The molecule has 1 aromatic carbocycles. The van der Waals surface area contributed by atoms with Crippen LogP contribution in [0.4, 0.5) is 0 Å². The maximum absolute atomic E-state index is 6.00. The van der Waals surface area contributed by atoms with Crippen molar-refractivity contribution in [3.05, 3.63) is 35.4 Å². The summed E-state index contributed by atoms with van der Waals surface area (Å²) in [5.74, 6) is 0. The Morgan fingerprint density at radius 3 is 2.14 bits per heavy atom. The molecule has 0 radical (unpaired) electrons. The number of benzene rings is 1. The molecule has 0 fully saturated rings. The lowest BCUT2D eigenvalue weighted by molar-refractivity contribution is 0.0282. The highest BCUT2D eigenvalue weighted by molar-refractivity contribution is 5.23. The molecule has 2 unspecified atom stereocenters. The van der Waals surface area contributed by atoms with Gasteiger partial charge in [0.2, 0.25) is 0 Å². The van der Waals surface area contributed by atoms with Crippen molar-refractivity contribution in [1.29, 1.82) is 0 Å². The van der Waals surface area contributed by atoms with Gasteiger partial charge in [-0.3, -0.25) is 0 Å². The minimum atomic E-state index is 0.317. The van der Waals surface area contributed by atoms with Crippen LogP contribution in [0, 0.1) is 0 Å². The second-order valence-electron chi connectivity index (χ2n) is 5.72. The predicted octanol–water partition coefficient (Wildman–Crippen LogP) is 4.36. The lowest BCUT2D eigenvalue weighted by Crippen LogP contribution is -2.43. The minimum Gasteiger partial charge on any atom is -0.377 e. The normalized spacial score (nSPS) is 14.1. The minimum absolute atomic E-state index is 0.317. The molecule has 1 aromatic rings. The van der Waals surface area contributed by atoms with E-state index in [4.69, 9.17) is 4.74 Å². The molecule has 0 bridgehead atoms. The first-order valence-corrected chi connectivity index (χ1v) is 8.67. The zero-order chi connectivity index (χ0) is 15.5. The van der Waals surface area contributed by atoms with E-state index in [9.17, 15) is 0 Å². The highest BCUT2D eigenvalue weighted by Gasteiger charge is 2.20. The summed E-state index contributed by atoms with van der Waals surface area (Å²) in [6.07, 6.45) is 5.93. The van der Waals surface area contributed by atoms with E-state index in [2.05, 4.69) is 57.3 Å². The second-order valence-corrected chi connectivity index (χ2v) is 5.72. The average Bonchev–Trinajstić information content (AvgIpc) is 2.52. The third-order valence-electron chi connectivity index (χ3n) is 3.95. The molecule has 2 heteroatoms. The van der Waals surface area contributed by atoms with Gasteiger partial charge in [-0.15, -0.1) is 0 Å². The van der Waals surface area contributed by atoms with Gasteiger partial charge in [-0.25, -0.2) is 0 Å². The molecule has 0 saturated carbocycles. The largest absolute Gasteiger partial charge is 0.377 e. The third-order valence-corrected chi connectivity index (χ3v) is 3.95. The summed E-state index contributed by atoms with van der Waals surface area (Å²) in [7, 11) is 0. The molecule has 21 heavy (non-hydrogen) atoms. The van der Waals surface area contributed by atoms with Gasteiger partial charge < -0.3 is 10.1 Å². The van der Waals surface area contributed by atoms with E-state index in [-0.39, 0.29) is 0 Å². The quantitative estimate of drug-likeness (QED) is 0.654. The maximum atomic E-state index is 6.00. The van der Waals surface area contributed by atoms with E-state index in [0.29, 0.717) is 12.1 Å². The number of aryl methyl sites for hydroxylation is 1. The van der Waals surface area contributed by atoms with Gasteiger partial charge in [0.05, 0.1) is 6.10 Å². The van der Waals surface area contributed by atoms with Crippen LogP contribution in [0.5, 0.6) is 0 Å². The summed E-state index contributed by atoms with van der Waals surface area (Å²) in [5.41, 5.74) is 2.81. The van der Waals surface area contributed by atoms with Gasteiger partial charge >= 0.3 is 0 Å². The summed E-state index contributed by atoms with van der Waals surface area (Å²) in [6.45, 7) is 10.6. The maximum Gasteiger partial charge on any atom is 0.0731 e. The van der Waals surface area contributed by atoms with Gasteiger partial charge in [-0.2, -0.15) is 0 Å². The molecule has 0 saturated heterocycles. The van der Waals surface area contributed by atoms with Crippen LogP contribution in [0.1, 0.15) is 58.1 Å². The molecule has 0 aliphatic heterocycles. The van der Waals surface area contributed by atoms with Crippen molar-refractivity contribution in [3.63, 3.8) is 0 Å². The van der Waals surface area contributed by atoms with Crippen LogP contribution in [-0.2, 0) is 17.6 Å².